The zero-order valence-corrected chi connectivity index (χ0v) is 16.3. The number of methoxy groups -OCH3 is 1. The van der Waals surface area contributed by atoms with E-state index in [1.165, 1.54) is 11.3 Å². The lowest BCUT2D eigenvalue weighted by Crippen LogP contribution is -2.47. The van der Waals surface area contributed by atoms with Crippen molar-refractivity contribution in [2.75, 3.05) is 32.1 Å². The third-order valence-electron chi connectivity index (χ3n) is 4.68. The monoisotopic (exact) mass is 387 g/mol. The molecule has 1 fully saturated rings. The number of ether oxygens (including phenoxy) is 1. The van der Waals surface area contributed by atoms with Crippen LogP contribution in [0.5, 0.6) is 5.75 Å². The fourth-order valence-corrected chi connectivity index (χ4v) is 3.82. The van der Waals surface area contributed by atoms with Crippen molar-refractivity contribution >= 4 is 28.3 Å². The van der Waals surface area contributed by atoms with Crippen LogP contribution in [0.1, 0.15) is 18.4 Å². The maximum atomic E-state index is 12.5. The van der Waals surface area contributed by atoms with Crippen LogP contribution in [0.25, 0.3) is 0 Å². The number of carbonyl (C=O) groups excluding carboxylic acids is 2. The molecule has 2 heterocycles. The Morgan fingerprint density at radius 2 is 2.19 bits per heavy atom. The van der Waals surface area contributed by atoms with Gasteiger partial charge < -0.3 is 15.0 Å². The normalized spacial score (nSPS) is 16.6. The van der Waals surface area contributed by atoms with Gasteiger partial charge in [0.2, 0.25) is 5.91 Å². The highest BCUT2D eigenvalue weighted by atomic mass is 32.1. The third-order valence-corrected chi connectivity index (χ3v) is 5.46. The summed E-state index contributed by atoms with van der Waals surface area (Å²) in [5.74, 6) is 0.683. The predicted molar refractivity (Wildman–Crippen MR) is 107 cm³/mol. The number of benzene rings is 1. The maximum Gasteiger partial charge on any atom is 0.322 e. The zero-order valence-electron chi connectivity index (χ0n) is 15.4. The quantitative estimate of drug-likeness (QED) is 0.798. The number of hydrogen-bond acceptors (Lipinski definition) is 4. The molecule has 1 aliphatic rings. The average molecular weight is 388 g/mol. The van der Waals surface area contributed by atoms with E-state index in [0.29, 0.717) is 19.6 Å². The minimum absolute atomic E-state index is 0.0199. The van der Waals surface area contributed by atoms with Crippen LogP contribution in [0.4, 0.5) is 9.80 Å². The molecule has 0 aliphatic carbocycles. The Balaban J connectivity index is 1.45. The second-order valence-corrected chi connectivity index (χ2v) is 7.53. The molecule has 27 heavy (non-hydrogen) atoms. The number of piperidine rings is 1. The molecule has 3 rings (SSSR count). The molecule has 0 spiro atoms. The van der Waals surface area contributed by atoms with Crippen LogP contribution in [-0.4, -0.2) is 43.6 Å². The van der Waals surface area contributed by atoms with Gasteiger partial charge in [-0.1, -0.05) is 12.1 Å². The molecule has 0 radical (unpaired) electrons. The number of likely N-dealkylation sites (tertiary alicyclic amines) is 1. The predicted octanol–water partition coefficient (Wildman–Crippen LogP) is 3.36. The molecule has 3 amide bonds. The van der Waals surface area contributed by atoms with Crippen molar-refractivity contribution in [3.05, 3.63) is 47.3 Å². The first-order valence-corrected chi connectivity index (χ1v) is 10.0. The molecule has 6 nitrogen and oxygen atoms in total. The number of carbonyl (C=O) groups is 2. The Morgan fingerprint density at radius 1 is 1.30 bits per heavy atom. The Bertz CT molecular complexity index is 764. The molecule has 1 aromatic heterocycles. The minimum Gasteiger partial charge on any atom is -0.497 e. The standard InChI is InChI=1S/C20H25N3O3S/c1-26-17-7-2-5-15(13-17)9-10-21-19(24)16-6-3-11-23(14-16)20(25)22-18-8-4-12-27-18/h2,4-5,7-8,12-13,16H,3,6,9-11,14H2,1H3,(H,21,24)(H,22,25). The first-order chi connectivity index (χ1) is 13.2. The summed E-state index contributed by atoms with van der Waals surface area (Å²) in [5, 5.41) is 8.64. The minimum atomic E-state index is -0.154. The molecular formula is C20H25N3O3S. The van der Waals surface area contributed by atoms with Gasteiger partial charge in [-0.25, -0.2) is 4.79 Å². The summed E-state index contributed by atoms with van der Waals surface area (Å²) in [6, 6.07) is 11.5. The molecular weight excluding hydrogens is 362 g/mol. The highest BCUT2D eigenvalue weighted by molar-refractivity contribution is 7.14. The van der Waals surface area contributed by atoms with Crippen molar-refractivity contribution in [3.63, 3.8) is 0 Å². The van der Waals surface area contributed by atoms with E-state index in [0.717, 1.165) is 35.6 Å². The summed E-state index contributed by atoms with van der Waals surface area (Å²) >= 11 is 1.49. The van der Waals surface area contributed by atoms with E-state index < -0.39 is 0 Å². The summed E-state index contributed by atoms with van der Waals surface area (Å²) in [7, 11) is 1.64. The van der Waals surface area contributed by atoms with E-state index in [4.69, 9.17) is 4.74 Å². The summed E-state index contributed by atoms with van der Waals surface area (Å²) < 4.78 is 5.22. The fraction of sp³-hybridized carbons (Fsp3) is 0.400. The van der Waals surface area contributed by atoms with Crippen molar-refractivity contribution in [1.82, 2.24) is 10.2 Å². The number of nitrogens with one attached hydrogen (secondary N) is 2. The van der Waals surface area contributed by atoms with Crippen LogP contribution in [0.3, 0.4) is 0 Å². The number of urea groups is 1. The SMILES string of the molecule is COc1cccc(CCNC(=O)C2CCCN(C(=O)Nc3cccs3)C2)c1. The summed E-state index contributed by atoms with van der Waals surface area (Å²) in [5.41, 5.74) is 1.12. The maximum absolute atomic E-state index is 12.5. The van der Waals surface area contributed by atoms with Gasteiger partial charge in [0.25, 0.3) is 0 Å². The van der Waals surface area contributed by atoms with Gasteiger partial charge in [-0.2, -0.15) is 0 Å². The fourth-order valence-electron chi connectivity index (χ4n) is 3.21. The van der Waals surface area contributed by atoms with Gasteiger partial charge in [0.1, 0.15) is 5.75 Å². The number of amides is 3. The third kappa shape index (κ3) is 5.47. The van der Waals surface area contributed by atoms with Crippen LogP contribution in [0, 0.1) is 5.92 Å². The lowest BCUT2D eigenvalue weighted by molar-refractivity contribution is -0.126. The second kappa shape index (κ2) is 9.41. The average Bonchev–Trinajstić information content (AvgIpc) is 3.21. The van der Waals surface area contributed by atoms with Crippen molar-refractivity contribution in [1.29, 1.82) is 0 Å². The summed E-state index contributed by atoms with van der Waals surface area (Å²) in [6.45, 7) is 1.72. The second-order valence-electron chi connectivity index (χ2n) is 6.59. The van der Waals surface area contributed by atoms with Crippen LogP contribution >= 0.6 is 11.3 Å². The topological polar surface area (TPSA) is 70.7 Å². The molecule has 0 saturated carbocycles. The number of thiophene rings is 1. The number of rotatable bonds is 6. The van der Waals surface area contributed by atoms with E-state index in [2.05, 4.69) is 10.6 Å². The molecule has 0 bridgehead atoms. The lowest BCUT2D eigenvalue weighted by Gasteiger charge is -2.31. The molecule has 2 aromatic rings. The Morgan fingerprint density at radius 3 is 2.96 bits per heavy atom. The van der Waals surface area contributed by atoms with Crippen molar-refractivity contribution in [2.24, 2.45) is 5.92 Å². The number of nitrogens with zero attached hydrogens (tertiary/aromatic N) is 1. The van der Waals surface area contributed by atoms with Crippen LogP contribution < -0.4 is 15.4 Å². The number of hydrogen-bond donors (Lipinski definition) is 2. The van der Waals surface area contributed by atoms with E-state index in [-0.39, 0.29) is 17.9 Å². The molecule has 7 heteroatoms. The molecule has 2 N–H and O–H groups in total. The highest BCUT2D eigenvalue weighted by Gasteiger charge is 2.28. The van der Waals surface area contributed by atoms with Crippen LogP contribution in [-0.2, 0) is 11.2 Å². The van der Waals surface area contributed by atoms with Crippen molar-refractivity contribution < 1.29 is 14.3 Å². The van der Waals surface area contributed by atoms with Crippen LogP contribution in [0.15, 0.2) is 41.8 Å². The molecule has 1 saturated heterocycles. The first-order valence-electron chi connectivity index (χ1n) is 9.16. The summed E-state index contributed by atoms with van der Waals surface area (Å²) in [4.78, 5) is 26.6. The van der Waals surface area contributed by atoms with E-state index >= 15 is 0 Å². The van der Waals surface area contributed by atoms with Gasteiger partial charge in [-0.3, -0.25) is 10.1 Å². The van der Waals surface area contributed by atoms with Gasteiger partial charge in [-0.15, -0.1) is 11.3 Å². The zero-order chi connectivity index (χ0) is 19.1. The van der Waals surface area contributed by atoms with Gasteiger partial charge >= 0.3 is 6.03 Å². The largest absolute Gasteiger partial charge is 0.497 e. The Labute approximate surface area is 163 Å². The highest BCUT2D eigenvalue weighted by Crippen LogP contribution is 2.20. The molecule has 1 aliphatic heterocycles. The summed E-state index contributed by atoms with van der Waals surface area (Å²) in [6.07, 6.45) is 2.40. The smallest absolute Gasteiger partial charge is 0.322 e. The van der Waals surface area contributed by atoms with E-state index in [9.17, 15) is 9.59 Å². The number of anilines is 1. The van der Waals surface area contributed by atoms with Gasteiger partial charge in [0, 0.05) is 19.6 Å². The Kier molecular flexibility index (Phi) is 6.70. The first kappa shape index (κ1) is 19.2. The van der Waals surface area contributed by atoms with Gasteiger partial charge in [-0.05, 0) is 54.5 Å². The van der Waals surface area contributed by atoms with Crippen molar-refractivity contribution in [2.45, 2.75) is 19.3 Å². The Hall–Kier alpha value is -2.54. The van der Waals surface area contributed by atoms with Crippen LogP contribution in [0.2, 0.25) is 0 Å². The van der Waals surface area contributed by atoms with Gasteiger partial charge in [0.15, 0.2) is 0 Å². The lowest BCUT2D eigenvalue weighted by atomic mass is 9.97. The molecule has 1 unspecified atom stereocenters. The van der Waals surface area contributed by atoms with E-state index in [1.54, 1.807) is 12.0 Å². The van der Waals surface area contributed by atoms with Crippen molar-refractivity contribution in [3.8, 4) is 5.75 Å². The van der Waals surface area contributed by atoms with E-state index in [1.807, 2.05) is 41.8 Å². The molecule has 1 atom stereocenters. The van der Waals surface area contributed by atoms with Gasteiger partial charge in [0.05, 0.1) is 18.0 Å². The molecule has 1 aromatic carbocycles. The molecule has 144 valence electrons.